The van der Waals surface area contributed by atoms with Crippen LogP contribution in [0.2, 0.25) is 0 Å². The molecule has 0 bridgehead atoms. The normalized spacial score (nSPS) is 17.3. The fourth-order valence-electron chi connectivity index (χ4n) is 2.23. The van der Waals surface area contributed by atoms with Crippen LogP contribution in [0.3, 0.4) is 0 Å². The molecule has 20 heavy (non-hydrogen) atoms. The van der Waals surface area contributed by atoms with Crippen molar-refractivity contribution >= 4 is 17.6 Å². The first kappa shape index (κ1) is 14.6. The van der Waals surface area contributed by atoms with E-state index in [0.717, 1.165) is 24.1 Å². The average Bonchev–Trinajstić information content (AvgIpc) is 3.24. The number of carboxylic acid groups (broad SMARTS) is 1. The fraction of sp³-hybridized carbons (Fsp3) is 0.500. The summed E-state index contributed by atoms with van der Waals surface area (Å²) in [6.45, 7) is 3.66. The molecule has 1 aliphatic carbocycles. The predicted octanol–water partition coefficient (Wildman–Crippen LogP) is 2.93. The zero-order chi connectivity index (χ0) is 14.7. The molecule has 0 heterocycles. The summed E-state index contributed by atoms with van der Waals surface area (Å²) < 4.78 is 0. The fourth-order valence-corrected chi connectivity index (χ4v) is 2.23. The van der Waals surface area contributed by atoms with E-state index in [1.54, 1.807) is 6.92 Å². The number of anilines is 1. The number of rotatable bonds is 6. The lowest BCUT2D eigenvalue weighted by atomic mass is 10.0. The molecule has 2 unspecified atom stereocenters. The summed E-state index contributed by atoms with van der Waals surface area (Å²) in [4.78, 5) is 22.8. The van der Waals surface area contributed by atoms with E-state index >= 15 is 0 Å². The van der Waals surface area contributed by atoms with E-state index in [1.165, 1.54) is 0 Å². The Hall–Kier alpha value is -1.84. The molecule has 2 atom stereocenters. The Morgan fingerprint density at radius 2 is 1.85 bits per heavy atom. The minimum atomic E-state index is -0.791. The molecule has 4 nitrogen and oxygen atoms in total. The highest BCUT2D eigenvalue weighted by Crippen LogP contribution is 2.37. The number of benzene rings is 1. The van der Waals surface area contributed by atoms with Crippen LogP contribution < -0.4 is 5.32 Å². The van der Waals surface area contributed by atoms with Crippen molar-refractivity contribution in [1.29, 1.82) is 0 Å². The quantitative estimate of drug-likeness (QED) is 0.838. The van der Waals surface area contributed by atoms with Gasteiger partial charge >= 0.3 is 5.97 Å². The first-order valence-electron chi connectivity index (χ1n) is 7.10. The van der Waals surface area contributed by atoms with Gasteiger partial charge in [-0.25, -0.2) is 0 Å². The number of hydrogen-bond donors (Lipinski definition) is 2. The molecule has 1 amide bonds. The minimum Gasteiger partial charge on any atom is -0.481 e. The zero-order valence-corrected chi connectivity index (χ0v) is 11.9. The van der Waals surface area contributed by atoms with Gasteiger partial charge in [-0.15, -0.1) is 0 Å². The SMILES string of the molecule is CC(Cc1ccc(NC(=O)C(C)C2CC2)cc1)C(=O)O. The molecule has 1 aromatic carbocycles. The molecule has 2 rings (SSSR count). The maximum Gasteiger partial charge on any atom is 0.306 e. The third-order valence-electron chi connectivity index (χ3n) is 3.93. The van der Waals surface area contributed by atoms with Crippen molar-refractivity contribution < 1.29 is 14.7 Å². The Bertz CT molecular complexity index is 491. The smallest absolute Gasteiger partial charge is 0.306 e. The first-order chi connectivity index (χ1) is 9.47. The minimum absolute atomic E-state index is 0.0687. The predicted molar refractivity (Wildman–Crippen MR) is 77.5 cm³/mol. The first-order valence-corrected chi connectivity index (χ1v) is 7.10. The zero-order valence-electron chi connectivity index (χ0n) is 11.9. The molecule has 1 aromatic rings. The van der Waals surface area contributed by atoms with Crippen LogP contribution in [0, 0.1) is 17.8 Å². The van der Waals surface area contributed by atoms with Crippen LogP contribution in [0.1, 0.15) is 32.3 Å². The molecular formula is C16H21NO3. The van der Waals surface area contributed by atoms with Crippen LogP contribution in [-0.4, -0.2) is 17.0 Å². The molecular weight excluding hydrogens is 254 g/mol. The third-order valence-corrected chi connectivity index (χ3v) is 3.93. The van der Waals surface area contributed by atoms with Gasteiger partial charge in [-0.2, -0.15) is 0 Å². The second-order valence-corrected chi connectivity index (χ2v) is 5.76. The van der Waals surface area contributed by atoms with Gasteiger partial charge in [0.05, 0.1) is 5.92 Å². The molecule has 4 heteroatoms. The highest BCUT2D eigenvalue weighted by molar-refractivity contribution is 5.92. The maximum absolute atomic E-state index is 12.0. The Morgan fingerprint density at radius 3 is 2.35 bits per heavy atom. The Labute approximate surface area is 119 Å². The summed E-state index contributed by atoms with van der Waals surface area (Å²) in [6.07, 6.45) is 2.81. The van der Waals surface area contributed by atoms with Crippen molar-refractivity contribution in [3.05, 3.63) is 29.8 Å². The molecule has 108 valence electrons. The van der Waals surface area contributed by atoms with E-state index in [2.05, 4.69) is 5.32 Å². The van der Waals surface area contributed by atoms with Crippen molar-refractivity contribution in [3.8, 4) is 0 Å². The summed E-state index contributed by atoms with van der Waals surface area (Å²) in [7, 11) is 0. The van der Waals surface area contributed by atoms with Gasteiger partial charge in [-0.1, -0.05) is 26.0 Å². The van der Waals surface area contributed by atoms with Gasteiger partial charge in [-0.05, 0) is 42.9 Å². The second kappa shape index (κ2) is 6.07. The topological polar surface area (TPSA) is 66.4 Å². The standard InChI is InChI=1S/C16H21NO3/c1-10(16(19)20)9-12-3-7-14(8-4-12)17-15(18)11(2)13-5-6-13/h3-4,7-8,10-11,13H,5-6,9H2,1-2H3,(H,17,18)(H,19,20). The van der Waals surface area contributed by atoms with E-state index in [1.807, 2.05) is 31.2 Å². The van der Waals surface area contributed by atoms with Crippen LogP contribution in [0.5, 0.6) is 0 Å². The van der Waals surface area contributed by atoms with Crippen molar-refractivity contribution in [3.63, 3.8) is 0 Å². The Morgan fingerprint density at radius 1 is 1.25 bits per heavy atom. The molecule has 1 aliphatic rings. The number of amides is 1. The number of carbonyl (C=O) groups excluding carboxylic acids is 1. The average molecular weight is 275 g/mol. The van der Waals surface area contributed by atoms with Gasteiger partial charge in [-0.3, -0.25) is 9.59 Å². The van der Waals surface area contributed by atoms with Crippen molar-refractivity contribution in [2.45, 2.75) is 33.1 Å². The molecule has 0 spiro atoms. The largest absolute Gasteiger partial charge is 0.481 e. The molecule has 2 N–H and O–H groups in total. The highest BCUT2D eigenvalue weighted by atomic mass is 16.4. The van der Waals surface area contributed by atoms with Gasteiger partial charge < -0.3 is 10.4 Å². The molecule has 0 saturated heterocycles. The molecule has 0 aromatic heterocycles. The molecule has 0 radical (unpaired) electrons. The lowest BCUT2D eigenvalue weighted by molar-refractivity contribution is -0.141. The number of aliphatic carboxylic acids is 1. The summed E-state index contributed by atoms with van der Waals surface area (Å²) in [5, 5.41) is 11.8. The maximum atomic E-state index is 12.0. The van der Waals surface area contributed by atoms with E-state index in [4.69, 9.17) is 5.11 Å². The summed E-state index contributed by atoms with van der Waals surface area (Å²) in [6, 6.07) is 7.41. The van der Waals surface area contributed by atoms with Gasteiger partial charge in [0.25, 0.3) is 0 Å². The van der Waals surface area contributed by atoms with Crippen LogP contribution in [0.25, 0.3) is 0 Å². The van der Waals surface area contributed by atoms with E-state index in [0.29, 0.717) is 12.3 Å². The van der Waals surface area contributed by atoms with Gasteiger partial charge in [0.2, 0.25) is 5.91 Å². The van der Waals surface area contributed by atoms with Crippen molar-refractivity contribution in [2.75, 3.05) is 5.32 Å². The summed E-state index contributed by atoms with van der Waals surface area (Å²) in [5.41, 5.74) is 1.74. The number of carbonyl (C=O) groups is 2. The molecule has 1 saturated carbocycles. The Kier molecular flexibility index (Phi) is 4.42. The van der Waals surface area contributed by atoms with E-state index < -0.39 is 11.9 Å². The second-order valence-electron chi connectivity index (χ2n) is 5.76. The number of nitrogens with one attached hydrogen (secondary N) is 1. The third kappa shape index (κ3) is 3.83. The summed E-state index contributed by atoms with van der Waals surface area (Å²) >= 11 is 0. The van der Waals surface area contributed by atoms with Crippen LogP contribution in [0.15, 0.2) is 24.3 Å². The Balaban J connectivity index is 1.90. The lowest BCUT2D eigenvalue weighted by Gasteiger charge is -2.12. The molecule has 1 fully saturated rings. The van der Waals surface area contributed by atoms with Crippen molar-refractivity contribution in [2.24, 2.45) is 17.8 Å². The number of carboxylic acids is 1. The molecule has 0 aliphatic heterocycles. The lowest BCUT2D eigenvalue weighted by Crippen LogP contribution is -2.21. The van der Waals surface area contributed by atoms with Crippen LogP contribution in [0.4, 0.5) is 5.69 Å². The highest BCUT2D eigenvalue weighted by Gasteiger charge is 2.32. The van der Waals surface area contributed by atoms with Gasteiger partial charge in [0.15, 0.2) is 0 Å². The number of hydrogen-bond acceptors (Lipinski definition) is 2. The van der Waals surface area contributed by atoms with Crippen molar-refractivity contribution in [1.82, 2.24) is 0 Å². The summed E-state index contributed by atoms with van der Waals surface area (Å²) in [5.74, 6) is -0.502. The van der Waals surface area contributed by atoms with Gasteiger partial charge in [0, 0.05) is 11.6 Å². The van der Waals surface area contributed by atoms with Crippen LogP contribution in [-0.2, 0) is 16.0 Å². The van der Waals surface area contributed by atoms with Gasteiger partial charge in [0.1, 0.15) is 0 Å². The monoisotopic (exact) mass is 275 g/mol. The van der Waals surface area contributed by atoms with E-state index in [-0.39, 0.29) is 11.8 Å². The van der Waals surface area contributed by atoms with E-state index in [9.17, 15) is 9.59 Å². The van der Waals surface area contributed by atoms with Crippen LogP contribution >= 0.6 is 0 Å².